The topological polar surface area (TPSA) is 47.8 Å². The highest BCUT2D eigenvalue weighted by Gasteiger charge is 2.32. The third kappa shape index (κ3) is 1.13. The normalized spacial score (nSPS) is 21.4. The minimum absolute atomic E-state index is 0.00634. The Labute approximate surface area is 78.3 Å². The molecule has 6 heteroatoms. The van der Waals surface area contributed by atoms with E-state index in [0.29, 0.717) is 17.5 Å². The van der Waals surface area contributed by atoms with E-state index in [4.69, 9.17) is 11.6 Å². The standard InChI is InChI=1S/C6H6ClN3OS/c7-2-1-4-5(11)10-6(12-4)8-3-9-10/h3-4H,1-2H2/t4-/m0/s1. The molecule has 12 heavy (non-hydrogen) atoms. The van der Waals surface area contributed by atoms with Crippen LogP contribution < -0.4 is 0 Å². The smallest absolute Gasteiger partial charge is 0.262 e. The van der Waals surface area contributed by atoms with Crippen molar-refractivity contribution in [3.05, 3.63) is 6.33 Å². The number of rotatable bonds is 2. The first-order valence-corrected chi connectivity index (χ1v) is 4.91. The highest BCUT2D eigenvalue weighted by Crippen LogP contribution is 2.31. The number of alkyl halides is 1. The van der Waals surface area contributed by atoms with Crippen LogP contribution in [0.1, 0.15) is 11.2 Å². The molecule has 0 radical (unpaired) electrons. The van der Waals surface area contributed by atoms with Crippen molar-refractivity contribution in [1.29, 1.82) is 0 Å². The zero-order chi connectivity index (χ0) is 8.55. The lowest BCUT2D eigenvalue weighted by molar-refractivity contribution is 0.0892. The lowest BCUT2D eigenvalue weighted by Gasteiger charge is -2.00. The summed E-state index contributed by atoms with van der Waals surface area (Å²) in [5, 5.41) is 4.39. The summed E-state index contributed by atoms with van der Waals surface area (Å²) >= 11 is 6.97. The summed E-state index contributed by atoms with van der Waals surface area (Å²) in [6, 6.07) is 0. The molecule has 4 nitrogen and oxygen atoms in total. The predicted octanol–water partition coefficient (Wildman–Crippen LogP) is 1.02. The van der Waals surface area contributed by atoms with E-state index >= 15 is 0 Å². The van der Waals surface area contributed by atoms with Crippen LogP contribution in [-0.2, 0) is 0 Å². The van der Waals surface area contributed by atoms with Crippen LogP contribution in [-0.4, -0.2) is 31.8 Å². The second-order valence-corrected chi connectivity index (χ2v) is 3.92. The molecule has 0 aromatic carbocycles. The molecule has 2 heterocycles. The summed E-state index contributed by atoms with van der Waals surface area (Å²) < 4.78 is 1.34. The van der Waals surface area contributed by atoms with E-state index in [9.17, 15) is 4.79 Å². The number of fused-ring (bicyclic) bond motifs is 1. The van der Waals surface area contributed by atoms with Crippen LogP contribution in [0.15, 0.2) is 11.5 Å². The molecular weight excluding hydrogens is 198 g/mol. The summed E-state index contributed by atoms with van der Waals surface area (Å²) in [4.78, 5) is 15.4. The van der Waals surface area contributed by atoms with Crippen molar-refractivity contribution in [3.63, 3.8) is 0 Å². The molecule has 0 N–H and O–H groups in total. The van der Waals surface area contributed by atoms with E-state index in [1.54, 1.807) is 0 Å². The summed E-state index contributed by atoms with van der Waals surface area (Å²) in [7, 11) is 0. The largest absolute Gasteiger partial charge is 0.271 e. The molecule has 0 spiro atoms. The van der Waals surface area contributed by atoms with Crippen LogP contribution in [0.4, 0.5) is 0 Å². The van der Waals surface area contributed by atoms with E-state index in [0.717, 1.165) is 0 Å². The summed E-state index contributed by atoms with van der Waals surface area (Å²) in [6.45, 7) is 0. The average Bonchev–Trinajstić information content (AvgIpc) is 2.58. The molecule has 0 aliphatic carbocycles. The van der Waals surface area contributed by atoms with Crippen LogP contribution in [0.25, 0.3) is 0 Å². The molecule has 0 saturated heterocycles. The van der Waals surface area contributed by atoms with Gasteiger partial charge in [0.25, 0.3) is 5.91 Å². The molecule has 0 unspecified atom stereocenters. The second kappa shape index (κ2) is 3.06. The van der Waals surface area contributed by atoms with Crippen molar-refractivity contribution in [3.8, 4) is 0 Å². The predicted molar refractivity (Wildman–Crippen MR) is 45.6 cm³/mol. The fourth-order valence-electron chi connectivity index (χ4n) is 1.06. The van der Waals surface area contributed by atoms with Gasteiger partial charge in [0.2, 0.25) is 0 Å². The van der Waals surface area contributed by atoms with E-state index in [1.165, 1.54) is 22.8 Å². The van der Waals surface area contributed by atoms with Gasteiger partial charge in [-0.1, -0.05) is 11.8 Å². The van der Waals surface area contributed by atoms with E-state index < -0.39 is 0 Å². The molecule has 0 saturated carbocycles. The molecule has 0 fully saturated rings. The number of thioether (sulfide) groups is 1. The monoisotopic (exact) mass is 203 g/mol. The Balaban J connectivity index is 2.21. The molecule has 2 rings (SSSR count). The van der Waals surface area contributed by atoms with Crippen LogP contribution >= 0.6 is 23.4 Å². The Morgan fingerprint density at radius 3 is 3.25 bits per heavy atom. The van der Waals surface area contributed by atoms with Crippen molar-refractivity contribution in [2.24, 2.45) is 0 Å². The van der Waals surface area contributed by atoms with Gasteiger partial charge < -0.3 is 0 Å². The summed E-state index contributed by atoms with van der Waals surface area (Å²) in [6.07, 6.45) is 2.06. The Bertz CT molecular complexity index is 313. The number of hydrogen-bond donors (Lipinski definition) is 0. The molecule has 1 aliphatic rings. The maximum absolute atomic E-state index is 11.4. The van der Waals surface area contributed by atoms with E-state index in [1.807, 2.05) is 0 Å². The van der Waals surface area contributed by atoms with Gasteiger partial charge in [0, 0.05) is 5.88 Å². The van der Waals surface area contributed by atoms with Gasteiger partial charge >= 0.3 is 0 Å². The van der Waals surface area contributed by atoms with Crippen molar-refractivity contribution < 1.29 is 4.79 Å². The quantitative estimate of drug-likeness (QED) is 0.674. The van der Waals surface area contributed by atoms with E-state index in [2.05, 4.69) is 10.1 Å². The Morgan fingerprint density at radius 1 is 1.75 bits per heavy atom. The number of aromatic nitrogens is 3. The lowest BCUT2D eigenvalue weighted by atomic mass is 10.3. The van der Waals surface area contributed by atoms with Crippen molar-refractivity contribution in [2.45, 2.75) is 16.8 Å². The SMILES string of the molecule is O=C1[C@H](CCCl)Sc2ncnn21. The van der Waals surface area contributed by atoms with Gasteiger partial charge in [-0.05, 0) is 6.42 Å². The third-order valence-electron chi connectivity index (χ3n) is 1.62. The first kappa shape index (κ1) is 8.07. The van der Waals surface area contributed by atoms with Crippen molar-refractivity contribution in [2.75, 3.05) is 5.88 Å². The van der Waals surface area contributed by atoms with Crippen LogP contribution in [0.2, 0.25) is 0 Å². The highest BCUT2D eigenvalue weighted by molar-refractivity contribution is 8.00. The average molecular weight is 204 g/mol. The lowest BCUT2D eigenvalue weighted by Crippen LogP contribution is -2.18. The number of carbonyl (C=O) groups excluding carboxylic acids is 1. The van der Waals surface area contributed by atoms with Gasteiger partial charge in [0.05, 0.1) is 5.25 Å². The van der Waals surface area contributed by atoms with E-state index in [-0.39, 0.29) is 11.2 Å². The van der Waals surface area contributed by atoms with Crippen LogP contribution in [0, 0.1) is 0 Å². The first-order valence-electron chi connectivity index (χ1n) is 3.50. The van der Waals surface area contributed by atoms with Crippen molar-refractivity contribution >= 4 is 29.3 Å². The van der Waals surface area contributed by atoms with Gasteiger partial charge in [-0.15, -0.1) is 11.6 Å². The number of nitrogens with zero attached hydrogens (tertiary/aromatic N) is 3. The van der Waals surface area contributed by atoms with Gasteiger partial charge in [-0.3, -0.25) is 4.79 Å². The maximum Gasteiger partial charge on any atom is 0.262 e. The van der Waals surface area contributed by atoms with Gasteiger partial charge in [0.1, 0.15) is 6.33 Å². The summed E-state index contributed by atoms with van der Waals surface area (Å²) in [5.41, 5.74) is 0. The number of carbonyl (C=O) groups is 1. The summed E-state index contributed by atoms with van der Waals surface area (Å²) in [5.74, 6) is 0.488. The second-order valence-electron chi connectivity index (χ2n) is 2.38. The maximum atomic E-state index is 11.4. The Kier molecular flexibility index (Phi) is 2.06. The zero-order valence-corrected chi connectivity index (χ0v) is 7.68. The van der Waals surface area contributed by atoms with Crippen molar-refractivity contribution in [1.82, 2.24) is 14.8 Å². The van der Waals surface area contributed by atoms with Crippen LogP contribution in [0.5, 0.6) is 0 Å². The molecular formula is C6H6ClN3OS. The molecule has 0 amide bonds. The van der Waals surface area contributed by atoms with Gasteiger partial charge in [-0.2, -0.15) is 9.78 Å². The molecule has 1 aromatic rings. The fourth-order valence-corrected chi connectivity index (χ4v) is 2.44. The molecule has 1 atom stereocenters. The molecule has 64 valence electrons. The Hall–Kier alpha value is -0.550. The van der Waals surface area contributed by atoms with Gasteiger partial charge in [-0.25, -0.2) is 4.98 Å². The minimum Gasteiger partial charge on any atom is -0.271 e. The molecule has 1 aromatic heterocycles. The Morgan fingerprint density at radius 2 is 2.58 bits per heavy atom. The first-order chi connectivity index (χ1) is 5.83. The number of hydrogen-bond acceptors (Lipinski definition) is 4. The molecule has 0 bridgehead atoms. The highest BCUT2D eigenvalue weighted by atomic mass is 35.5. The van der Waals surface area contributed by atoms with Gasteiger partial charge in [0.15, 0.2) is 5.16 Å². The zero-order valence-electron chi connectivity index (χ0n) is 6.11. The minimum atomic E-state index is -0.0845. The number of halogens is 1. The third-order valence-corrected chi connectivity index (χ3v) is 3.05. The molecule has 1 aliphatic heterocycles. The van der Waals surface area contributed by atoms with Crippen LogP contribution in [0.3, 0.4) is 0 Å². The fraction of sp³-hybridized carbons (Fsp3) is 0.500.